The Balaban J connectivity index is 1.15. The molecular formula is C28H34N6O. The molecule has 0 bridgehead atoms. The third-order valence-corrected chi connectivity index (χ3v) is 6.76. The van der Waals surface area contributed by atoms with Gasteiger partial charge in [-0.25, -0.2) is 4.98 Å². The Bertz CT molecular complexity index is 1160. The number of hydrogen-bond donors (Lipinski definition) is 0. The summed E-state index contributed by atoms with van der Waals surface area (Å²) in [7, 11) is 0. The van der Waals surface area contributed by atoms with Crippen LogP contribution in [-0.2, 0) is 0 Å². The van der Waals surface area contributed by atoms with Crippen LogP contribution in [0.1, 0.15) is 48.9 Å². The normalized spacial score (nSPS) is 15.3. The maximum Gasteiger partial charge on any atom is 0.237 e. The van der Waals surface area contributed by atoms with E-state index in [4.69, 9.17) is 4.74 Å². The molecule has 7 heteroatoms. The number of ether oxygens (including phenoxy) is 1. The topological polar surface area (TPSA) is 58.8 Å². The second-order valence-corrected chi connectivity index (χ2v) is 9.47. The largest absolute Gasteiger partial charge is 0.476 e. The molecule has 0 radical (unpaired) electrons. The molecule has 0 atom stereocenters. The van der Waals surface area contributed by atoms with Crippen molar-refractivity contribution in [1.29, 1.82) is 0 Å². The van der Waals surface area contributed by atoms with Gasteiger partial charge in [-0.3, -0.25) is 4.90 Å². The van der Waals surface area contributed by atoms with Crippen LogP contribution >= 0.6 is 0 Å². The second-order valence-electron chi connectivity index (χ2n) is 9.47. The van der Waals surface area contributed by atoms with Crippen LogP contribution in [0, 0.1) is 0 Å². The van der Waals surface area contributed by atoms with E-state index in [9.17, 15) is 0 Å². The van der Waals surface area contributed by atoms with Crippen molar-refractivity contribution in [2.45, 2.75) is 32.2 Å². The second kappa shape index (κ2) is 11.0. The van der Waals surface area contributed by atoms with Crippen LogP contribution in [-0.4, -0.2) is 68.9 Å². The van der Waals surface area contributed by atoms with Crippen LogP contribution in [0.15, 0.2) is 73.1 Å². The Labute approximate surface area is 207 Å². The molecule has 1 aliphatic heterocycles. The first-order valence-electron chi connectivity index (χ1n) is 12.6. The molecule has 0 aliphatic carbocycles. The van der Waals surface area contributed by atoms with Crippen LogP contribution in [0.5, 0.6) is 5.88 Å². The molecule has 35 heavy (non-hydrogen) atoms. The van der Waals surface area contributed by atoms with Gasteiger partial charge in [0.25, 0.3) is 0 Å². The highest BCUT2D eigenvalue weighted by molar-refractivity contribution is 5.43. The lowest BCUT2D eigenvalue weighted by Gasteiger charge is -2.39. The van der Waals surface area contributed by atoms with Gasteiger partial charge in [0.05, 0.1) is 12.6 Å². The van der Waals surface area contributed by atoms with E-state index in [-0.39, 0.29) is 0 Å². The maximum atomic E-state index is 6.11. The molecule has 2 aromatic carbocycles. The highest BCUT2D eigenvalue weighted by Crippen LogP contribution is 2.29. The molecule has 0 N–H and O–H groups in total. The summed E-state index contributed by atoms with van der Waals surface area (Å²) in [6.07, 6.45) is 2.49. The van der Waals surface area contributed by atoms with Crippen molar-refractivity contribution in [2.75, 3.05) is 39.3 Å². The molecule has 2 aromatic heterocycles. The number of rotatable bonds is 9. The summed E-state index contributed by atoms with van der Waals surface area (Å²) in [4.78, 5) is 9.40. The lowest BCUT2D eigenvalue weighted by molar-refractivity contribution is 0.104. The fourth-order valence-electron chi connectivity index (χ4n) is 4.87. The Hall–Kier alpha value is -3.29. The van der Waals surface area contributed by atoms with Crippen molar-refractivity contribution in [2.24, 2.45) is 0 Å². The highest BCUT2D eigenvalue weighted by atomic mass is 16.5. The van der Waals surface area contributed by atoms with Crippen LogP contribution in [0.4, 0.5) is 0 Å². The van der Waals surface area contributed by atoms with Crippen molar-refractivity contribution in [1.82, 2.24) is 29.6 Å². The molecule has 182 valence electrons. The number of fused-ring (bicyclic) bond motifs is 1. The van der Waals surface area contributed by atoms with E-state index in [1.54, 1.807) is 0 Å². The minimum absolute atomic E-state index is 0.301. The van der Waals surface area contributed by atoms with Crippen molar-refractivity contribution >= 4 is 5.65 Å². The van der Waals surface area contributed by atoms with Crippen molar-refractivity contribution in [3.05, 3.63) is 89.7 Å². The fourth-order valence-corrected chi connectivity index (χ4v) is 4.87. The summed E-state index contributed by atoms with van der Waals surface area (Å²) in [5.41, 5.74) is 4.55. The van der Waals surface area contributed by atoms with Gasteiger partial charge in [0.15, 0.2) is 5.65 Å². The minimum atomic E-state index is 0.301. The molecule has 0 spiro atoms. The molecule has 0 amide bonds. The van der Waals surface area contributed by atoms with E-state index in [0.29, 0.717) is 24.4 Å². The van der Waals surface area contributed by atoms with E-state index in [2.05, 4.69) is 99.5 Å². The van der Waals surface area contributed by atoms with Crippen LogP contribution in [0.3, 0.4) is 0 Å². The Morgan fingerprint density at radius 1 is 0.886 bits per heavy atom. The molecule has 0 saturated carbocycles. The summed E-state index contributed by atoms with van der Waals surface area (Å²) in [5, 5.41) is 8.68. The third kappa shape index (κ3) is 5.52. The lowest BCUT2D eigenvalue weighted by atomic mass is 9.96. The Morgan fingerprint density at radius 3 is 2.17 bits per heavy atom. The number of piperazine rings is 1. The molecule has 1 saturated heterocycles. The quantitative estimate of drug-likeness (QED) is 0.338. The zero-order valence-corrected chi connectivity index (χ0v) is 20.6. The van der Waals surface area contributed by atoms with Gasteiger partial charge >= 0.3 is 0 Å². The van der Waals surface area contributed by atoms with Gasteiger partial charge in [-0.05, 0) is 29.5 Å². The number of benzene rings is 2. The molecule has 5 rings (SSSR count). The van der Waals surface area contributed by atoms with Gasteiger partial charge < -0.3 is 9.64 Å². The van der Waals surface area contributed by atoms with Crippen molar-refractivity contribution in [3.63, 3.8) is 0 Å². The molecule has 1 aliphatic rings. The standard InChI is InChI=1S/C28H34N6O/c1-22(2)25-20-26-29-21-30-34(26)31-28(25)35-19-9-14-32-15-17-33(18-16-32)27(23-10-5-3-6-11-23)24-12-7-4-8-13-24/h3-8,10-13,20-22,27H,9,14-19H2,1-2H3. The summed E-state index contributed by atoms with van der Waals surface area (Å²) in [6.45, 7) is 10.2. The number of aromatic nitrogens is 4. The van der Waals surface area contributed by atoms with E-state index >= 15 is 0 Å². The predicted molar refractivity (Wildman–Crippen MR) is 138 cm³/mol. The summed E-state index contributed by atoms with van der Waals surface area (Å²) in [5.74, 6) is 0.978. The van der Waals surface area contributed by atoms with Gasteiger partial charge in [0.2, 0.25) is 5.88 Å². The number of hydrogen-bond acceptors (Lipinski definition) is 6. The summed E-state index contributed by atoms with van der Waals surface area (Å²) in [6, 6.07) is 24.1. The number of nitrogens with zero attached hydrogens (tertiary/aromatic N) is 6. The first kappa shape index (κ1) is 23.5. The smallest absolute Gasteiger partial charge is 0.237 e. The average molecular weight is 471 g/mol. The van der Waals surface area contributed by atoms with Crippen molar-refractivity contribution in [3.8, 4) is 5.88 Å². The SMILES string of the molecule is CC(C)c1cc2ncnn2nc1OCCCN1CCN(C(c2ccccc2)c2ccccc2)CC1. The molecule has 1 fully saturated rings. The van der Waals surface area contributed by atoms with Gasteiger partial charge in [-0.15, -0.1) is 14.8 Å². The molecular weight excluding hydrogens is 436 g/mol. The van der Waals surface area contributed by atoms with Crippen LogP contribution in [0.25, 0.3) is 5.65 Å². The van der Waals surface area contributed by atoms with Gasteiger partial charge in [-0.2, -0.15) is 0 Å². The molecule has 0 unspecified atom stereocenters. The first-order valence-corrected chi connectivity index (χ1v) is 12.6. The maximum absolute atomic E-state index is 6.11. The Kier molecular flexibility index (Phi) is 7.35. The predicted octanol–water partition coefficient (Wildman–Crippen LogP) is 4.42. The van der Waals surface area contributed by atoms with E-state index in [0.717, 1.165) is 50.4 Å². The minimum Gasteiger partial charge on any atom is -0.476 e. The summed E-state index contributed by atoms with van der Waals surface area (Å²) >= 11 is 0. The van der Waals surface area contributed by atoms with E-state index < -0.39 is 0 Å². The molecule has 4 aromatic rings. The first-order chi connectivity index (χ1) is 17.2. The third-order valence-electron chi connectivity index (χ3n) is 6.76. The highest BCUT2D eigenvalue weighted by Gasteiger charge is 2.26. The van der Waals surface area contributed by atoms with Gasteiger partial charge in [0.1, 0.15) is 6.33 Å². The van der Waals surface area contributed by atoms with Gasteiger partial charge in [0, 0.05) is 38.3 Å². The zero-order chi connectivity index (χ0) is 24.0. The molecule has 7 nitrogen and oxygen atoms in total. The van der Waals surface area contributed by atoms with Crippen LogP contribution < -0.4 is 4.74 Å². The van der Waals surface area contributed by atoms with E-state index in [1.807, 2.05) is 6.07 Å². The lowest BCUT2D eigenvalue weighted by Crippen LogP contribution is -2.48. The van der Waals surface area contributed by atoms with Crippen molar-refractivity contribution < 1.29 is 4.74 Å². The molecule has 3 heterocycles. The average Bonchev–Trinajstić information content (AvgIpc) is 3.36. The monoisotopic (exact) mass is 470 g/mol. The zero-order valence-electron chi connectivity index (χ0n) is 20.6. The Morgan fingerprint density at radius 2 is 1.54 bits per heavy atom. The van der Waals surface area contributed by atoms with Crippen LogP contribution in [0.2, 0.25) is 0 Å². The summed E-state index contributed by atoms with van der Waals surface area (Å²) < 4.78 is 7.64. The fraction of sp³-hybridized carbons (Fsp3) is 0.393. The van der Waals surface area contributed by atoms with E-state index in [1.165, 1.54) is 22.1 Å². The van der Waals surface area contributed by atoms with Gasteiger partial charge in [-0.1, -0.05) is 74.5 Å².